The molecule has 134 valence electrons. The van der Waals surface area contributed by atoms with Crippen molar-refractivity contribution in [2.45, 2.75) is 26.0 Å². The Morgan fingerprint density at radius 1 is 1.16 bits per heavy atom. The van der Waals surface area contributed by atoms with Crippen molar-refractivity contribution in [3.05, 3.63) is 65.7 Å². The second-order valence-electron chi connectivity index (χ2n) is 6.40. The number of hydrogen-bond acceptors (Lipinski definition) is 3. The molecule has 2 aromatic rings. The lowest BCUT2D eigenvalue weighted by atomic mass is 10.1. The molecular formula is C20H25ClN2O2. The topological polar surface area (TPSA) is 55.6 Å². The van der Waals surface area contributed by atoms with Gasteiger partial charge in [-0.05, 0) is 44.0 Å². The summed E-state index contributed by atoms with van der Waals surface area (Å²) in [6, 6.07) is 17.6. The van der Waals surface area contributed by atoms with Crippen LogP contribution in [0, 0.1) is 5.92 Å². The lowest BCUT2D eigenvalue weighted by Crippen LogP contribution is -2.35. The standard InChI is InChI=1S/C20H24N2O2.ClH/c1-15-11-16(12-21)13-22(15)20(23)19-10-6-5-7-17(19)14-24-18-8-3-2-4-9-18;/h2-10,15-16H,11-14,21H2,1H3;1H. The molecule has 1 aliphatic rings. The highest BCUT2D eigenvalue weighted by molar-refractivity contribution is 5.96. The molecule has 0 spiro atoms. The fourth-order valence-electron chi connectivity index (χ4n) is 3.28. The Hall–Kier alpha value is -2.04. The molecule has 1 heterocycles. The second-order valence-corrected chi connectivity index (χ2v) is 6.40. The minimum absolute atomic E-state index is 0. The van der Waals surface area contributed by atoms with E-state index in [1.807, 2.05) is 59.5 Å². The molecule has 0 aromatic heterocycles. The van der Waals surface area contributed by atoms with Gasteiger partial charge in [-0.1, -0.05) is 36.4 Å². The first kappa shape index (κ1) is 19.3. The van der Waals surface area contributed by atoms with Crippen LogP contribution in [0.3, 0.4) is 0 Å². The molecule has 1 amide bonds. The summed E-state index contributed by atoms with van der Waals surface area (Å²) < 4.78 is 5.82. The SMILES string of the molecule is CC1CC(CN)CN1C(=O)c1ccccc1COc1ccccc1.Cl. The number of carbonyl (C=O) groups excluding carboxylic acids is 1. The zero-order chi connectivity index (χ0) is 16.9. The number of likely N-dealkylation sites (tertiary alicyclic amines) is 1. The largest absolute Gasteiger partial charge is 0.489 e. The van der Waals surface area contributed by atoms with Crippen LogP contribution in [0.2, 0.25) is 0 Å². The molecule has 1 fully saturated rings. The average molecular weight is 361 g/mol. The summed E-state index contributed by atoms with van der Waals surface area (Å²) >= 11 is 0. The molecule has 0 aliphatic carbocycles. The molecule has 5 heteroatoms. The molecule has 2 atom stereocenters. The first-order chi connectivity index (χ1) is 11.7. The van der Waals surface area contributed by atoms with Gasteiger partial charge >= 0.3 is 0 Å². The highest BCUT2D eigenvalue weighted by Crippen LogP contribution is 2.25. The van der Waals surface area contributed by atoms with Crippen molar-refractivity contribution < 1.29 is 9.53 Å². The Bertz CT molecular complexity index is 693. The van der Waals surface area contributed by atoms with E-state index in [-0.39, 0.29) is 24.4 Å². The number of para-hydroxylation sites is 1. The Morgan fingerprint density at radius 3 is 2.52 bits per heavy atom. The molecule has 2 aromatic carbocycles. The average Bonchev–Trinajstić information content (AvgIpc) is 3.01. The third kappa shape index (κ3) is 4.53. The van der Waals surface area contributed by atoms with Gasteiger partial charge in [0.25, 0.3) is 5.91 Å². The number of benzene rings is 2. The van der Waals surface area contributed by atoms with Gasteiger partial charge in [-0.2, -0.15) is 0 Å². The number of amides is 1. The fraction of sp³-hybridized carbons (Fsp3) is 0.350. The van der Waals surface area contributed by atoms with Gasteiger partial charge < -0.3 is 15.4 Å². The Morgan fingerprint density at radius 2 is 1.84 bits per heavy atom. The van der Waals surface area contributed by atoms with E-state index < -0.39 is 0 Å². The van der Waals surface area contributed by atoms with Gasteiger partial charge in [-0.3, -0.25) is 4.79 Å². The van der Waals surface area contributed by atoms with Crippen molar-refractivity contribution in [2.75, 3.05) is 13.1 Å². The van der Waals surface area contributed by atoms with E-state index in [1.54, 1.807) is 0 Å². The first-order valence-corrected chi connectivity index (χ1v) is 8.46. The fourth-order valence-corrected chi connectivity index (χ4v) is 3.28. The van der Waals surface area contributed by atoms with Crippen LogP contribution >= 0.6 is 12.4 Å². The predicted octanol–water partition coefficient (Wildman–Crippen LogP) is 3.50. The number of ether oxygens (including phenoxy) is 1. The Labute approximate surface area is 155 Å². The lowest BCUT2D eigenvalue weighted by molar-refractivity contribution is 0.0740. The molecule has 1 saturated heterocycles. The van der Waals surface area contributed by atoms with Crippen LogP contribution in [0.5, 0.6) is 5.75 Å². The normalized spacial score (nSPS) is 19.4. The highest BCUT2D eigenvalue weighted by Gasteiger charge is 2.32. The van der Waals surface area contributed by atoms with Gasteiger partial charge in [0.05, 0.1) is 0 Å². The third-order valence-corrected chi connectivity index (χ3v) is 4.64. The minimum Gasteiger partial charge on any atom is -0.489 e. The van der Waals surface area contributed by atoms with E-state index in [0.29, 0.717) is 19.1 Å². The van der Waals surface area contributed by atoms with Crippen LogP contribution in [0.15, 0.2) is 54.6 Å². The van der Waals surface area contributed by atoms with Crippen molar-refractivity contribution in [3.63, 3.8) is 0 Å². The summed E-state index contributed by atoms with van der Waals surface area (Å²) in [6.45, 7) is 3.85. The van der Waals surface area contributed by atoms with Gasteiger partial charge in [-0.15, -0.1) is 12.4 Å². The van der Waals surface area contributed by atoms with Crippen LogP contribution in [-0.4, -0.2) is 29.9 Å². The number of nitrogens with two attached hydrogens (primary N) is 1. The van der Waals surface area contributed by atoms with E-state index >= 15 is 0 Å². The van der Waals surface area contributed by atoms with Crippen molar-refractivity contribution in [2.24, 2.45) is 11.7 Å². The highest BCUT2D eigenvalue weighted by atomic mass is 35.5. The molecule has 0 saturated carbocycles. The smallest absolute Gasteiger partial charge is 0.254 e. The van der Waals surface area contributed by atoms with Crippen molar-refractivity contribution in [1.29, 1.82) is 0 Å². The van der Waals surface area contributed by atoms with Gasteiger partial charge in [-0.25, -0.2) is 0 Å². The van der Waals surface area contributed by atoms with E-state index in [4.69, 9.17) is 10.5 Å². The van der Waals surface area contributed by atoms with Crippen LogP contribution in [0.1, 0.15) is 29.3 Å². The second kappa shape index (κ2) is 8.88. The molecular weight excluding hydrogens is 336 g/mol. The quantitative estimate of drug-likeness (QED) is 0.887. The monoisotopic (exact) mass is 360 g/mol. The summed E-state index contributed by atoms with van der Waals surface area (Å²) in [7, 11) is 0. The summed E-state index contributed by atoms with van der Waals surface area (Å²) in [5.41, 5.74) is 7.41. The molecule has 0 bridgehead atoms. The van der Waals surface area contributed by atoms with Crippen molar-refractivity contribution in [1.82, 2.24) is 4.90 Å². The summed E-state index contributed by atoms with van der Waals surface area (Å²) in [6.07, 6.45) is 0.977. The molecule has 2 N–H and O–H groups in total. The van der Waals surface area contributed by atoms with Crippen LogP contribution in [-0.2, 0) is 6.61 Å². The first-order valence-electron chi connectivity index (χ1n) is 8.46. The summed E-state index contributed by atoms with van der Waals surface area (Å²) in [5.74, 6) is 1.28. The van der Waals surface area contributed by atoms with Crippen LogP contribution < -0.4 is 10.5 Å². The van der Waals surface area contributed by atoms with E-state index in [2.05, 4.69) is 6.92 Å². The Balaban J connectivity index is 0.00000225. The number of halogens is 1. The van der Waals surface area contributed by atoms with Crippen molar-refractivity contribution in [3.8, 4) is 5.75 Å². The van der Waals surface area contributed by atoms with Gasteiger partial charge in [0.2, 0.25) is 0 Å². The maximum absolute atomic E-state index is 13.0. The molecule has 4 nitrogen and oxygen atoms in total. The van der Waals surface area contributed by atoms with E-state index in [9.17, 15) is 4.79 Å². The molecule has 1 aliphatic heterocycles. The van der Waals surface area contributed by atoms with Gasteiger partial charge in [0.1, 0.15) is 12.4 Å². The molecule has 25 heavy (non-hydrogen) atoms. The zero-order valence-electron chi connectivity index (χ0n) is 14.4. The number of rotatable bonds is 5. The summed E-state index contributed by atoms with van der Waals surface area (Å²) in [4.78, 5) is 14.9. The van der Waals surface area contributed by atoms with E-state index in [1.165, 1.54) is 0 Å². The van der Waals surface area contributed by atoms with Crippen LogP contribution in [0.25, 0.3) is 0 Å². The maximum Gasteiger partial charge on any atom is 0.254 e. The lowest BCUT2D eigenvalue weighted by Gasteiger charge is -2.23. The Kier molecular flexibility index (Phi) is 6.85. The van der Waals surface area contributed by atoms with Crippen molar-refractivity contribution >= 4 is 18.3 Å². The van der Waals surface area contributed by atoms with Gasteiger partial charge in [0, 0.05) is 23.7 Å². The molecule has 0 radical (unpaired) electrons. The minimum atomic E-state index is 0. The zero-order valence-corrected chi connectivity index (χ0v) is 15.2. The van der Waals surface area contributed by atoms with Crippen LogP contribution in [0.4, 0.5) is 0 Å². The van der Waals surface area contributed by atoms with E-state index in [0.717, 1.165) is 29.8 Å². The predicted molar refractivity (Wildman–Crippen MR) is 102 cm³/mol. The summed E-state index contributed by atoms with van der Waals surface area (Å²) in [5, 5.41) is 0. The molecule has 3 rings (SSSR count). The third-order valence-electron chi connectivity index (χ3n) is 4.64. The maximum atomic E-state index is 13.0. The number of carbonyl (C=O) groups is 1. The molecule has 2 unspecified atom stereocenters. The number of hydrogen-bond donors (Lipinski definition) is 1. The number of nitrogens with zero attached hydrogens (tertiary/aromatic N) is 1. The van der Waals surface area contributed by atoms with Gasteiger partial charge in [0.15, 0.2) is 0 Å².